The highest BCUT2D eigenvalue weighted by atomic mass is 16.5. The Morgan fingerprint density at radius 3 is 2.82 bits per heavy atom. The van der Waals surface area contributed by atoms with Gasteiger partial charge in [0.1, 0.15) is 5.41 Å². The number of anilines is 2. The molecule has 1 aromatic carbocycles. The van der Waals surface area contributed by atoms with Crippen molar-refractivity contribution >= 4 is 17.5 Å². The molecule has 0 saturated heterocycles. The van der Waals surface area contributed by atoms with Crippen molar-refractivity contribution < 1.29 is 9.53 Å². The van der Waals surface area contributed by atoms with E-state index in [4.69, 9.17) is 4.74 Å². The van der Waals surface area contributed by atoms with Crippen molar-refractivity contribution in [3.8, 4) is 0 Å². The van der Waals surface area contributed by atoms with Crippen LogP contribution in [0.5, 0.6) is 0 Å². The largest absolute Gasteiger partial charge is 0.375 e. The summed E-state index contributed by atoms with van der Waals surface area (Å²) in [6.07, 6.45) is 5.16. The van der Waals surface area contributed by atoms with Gasteiger partial charge in [-0.25, -0.2) is 9.97 Å². The van der Waals surface area contributed by atoms with Crippen LogP contribution in [-0.2, 0) is 28.1 Å². The number of hydrogen-bond acceptors (Lipinski definition) is 6. The SMILES string of the molecule is CC1(C(=O)NCc2cccnc2)COCc2cnc(Nc3ccccc3)nc21. The van der Waals surface area contributed by atoms with E-state index in [9.17, 15) is 4.79 Å². The average Bonchev–Trinajstić information content (AvgIpc) is 2.74. The minimum atomic E-state index is -0.897. The molecule has 1 aliphatic rings. The highest BCUT2D eigenvalue weighted by molar-refractivity contribution is 5.88. The molecule has 1 atom stereocenters. The van der Waals surface area contributed by atoms with Crippen molar-refractivity contribution in [2.75, 3.05) is 11.9 Å². The molecule has 0 bridgehead atoms. The zero-order chi connectivity index (χ0) is 19.4. The monoisotopic (exact) mass is 375 g/mol. The fraction of sp³-hybridized carbons (Fsp3) is 0.238. The zero-order valence-corrected chi connectivity index (χ0v) is 15.6. The summed E-state index contributed by atoms with van der Waals surface area (Å²) in [6, 6.07) is 13.5. The van der Waals surface area contributed by atoms with E-state index in [1.54, 1.807) is 18.6 Å². The van der Waals surface area contributed by atoms with Gasteiger partial charge >= 0.3 is 0 Å². The molecule has 0 radical (unpaired) electrons. The number of carbonyl (C=O) groups is 1. The molecule has 3 heterocycles. The van der Waals surface area contributed by atoms with Crippen LogP contribution >= 0.6 is 0 Å². The molecule has 0 spiro atoms. The lowest BCUT2D eigenvalue weighted by atomic mass is 9.82. The Balaban J connectivity index is 1.57. The number of nitrogens with one attached hydrogen (secondary N) is 2. The molecule has 0 fully saturated rings. The second kappa shape index (κ2) is 7.74. The predicted molar refractivity (Wildman–Crippen MR) is 105 cm³/mol. The van der Waals surface area contributed by atoms with Gasteiger partial charge in [-0.05, 0) is 30.7 Å². The van der Waals surface area contributed by atoms with E-state index in [2.05, 4.69) is 25.6 Å². The Morgan fingerprint density at radius 2 is 2.04 bits per heavy atom. The molecule has 7 heteroatoms. The van der Waals surface area contributed by atoms with Gasteiger partial charge in [0.15, 0.2) is 0 Å². The Kier molecular flexibility index (Phi) is 4.99. The maximum absolute atomic E-state index is 13.0. The van der Waals surface area contributed by atoms with Crippen LogP contribution in [0.15, 0.2) is 61.1 Å². The van der Waals surface area contributed by atoms with Crippen LogP contribution in [0.25, 0.3) is 0 Å². The minimum absolute atomic E-state index is 0.137. The number of pyridine rings is 1. The number of hydrogen-bond donors (Lipinski definition) is 2. The summed E-state index contributed by atoms with van der Waals surface area (Å²) in [5, 5.41) is 6.17. The van der Waals surface area contributed by atoms with Gasteiger partial charge in [-0.3, -0.25) is 9.78 Å². The van der Waals surface area contributed by atoms with E-state index in [1.165, 1.54) is 0 Å². The van der Waals surface area contributed by atoms with E-state index < -0.39 is 5.41 Å². The van der Waals surface area contributed by atoms with Crippen molar-refractivity contribution in [3.05, 3.63) is 77.9 Å². The molecular formula is C21H21N5O2. The Morgan fingerprint density at radius 1 is 1.18 bits per heavy atom. The van der Waals surface area contributed by atoms with E-state index in [-0.39, 0.29) is 12.5 Å². The molecule has 4 rings (SSSR count). The van der Waals surface area contributed by atoms with Crippen LogP contribution < -0.4 is 10.6 Å². The minimum Gasteiger partial charge on any atom is -0.375 e. The number of rotatable bonds is 5. The van der Waals surface area contributed by atoms with Crippen LogP contribution in [0.1, 0.15) is 23.7 Å². The lowest BCUT2D eigenvalue weighted by molar-refractivity contribution is -0.130. The summed E-state index contributed by atoms with van der Waals surface area (Å²) in [6.45, 7) is 2.91. The van der Waals surface area contributed by atoms with Crippen LogP contribution in [0.2, 0.25) is 0 Å². The molecule has 1 amide bonds. The summed E-state index contributed by atoms with van der Waals surface area (Å²) >= 11 is 0. The average molecular weight is 375 g/mol. The van der Waals surface area contributed by atoms with E-state index in [0.717, 1.165) is 16.8 Å². The number of carbonyl (C=O) groups excluding carboxylic acids is 1. The third-order valence-electron chi connectivity index (χ3n) is 4.74. The summed E-state index contributed by atoms with van der Waals surface area (Å²) in [4.78, 5) is 26.1. The molecule has 2 N–H and O–H groups in total. The van der Waals surface area contributed by atoms with E-state index in [1.807, 2.05) is 49.4 Å². The smallest absolute Gasteiger partial charge is 0.234 e. The first-order valence-corrected chi connectivity index (χ1v) is 9.08. The van der Waals surface area contributed by atoms with Gasteiger partial charge in [-0.15, -0.1) is 0 Å². The van der Waals surface area contributed by atoms with Crippen LogP contribution in [-0.4, -0.2) is 27.5 Å². The van der Waals surface area contributed by atoms with E-state index in [0.29, 0.717) is 24.8 Å². The molecule has 0 saturated carbocycles. The predicted octanol–water partition coefficient (Wildman–Crippen LogP) is 2.72. The second-order valence-corrected chi connectivity index (χ2v) is 6.93. The number of para-hydroxylation sites is 1. The standard InChI is InChI=1S/C21H21N5O2/c1-21(19(27)23-11-15-6-5-9-22-10-15)14-28-13-16-12-24-20(26-18(16)21)25-17-7-3-2-4-8-17/h2-10,12H,11,13-14H2,1H3,(H,23,27)(H,24,25,26). The maximum Gasteiger partial charge on any atom is 0.234 e. The van der Waals surface area contributed by atoms with Crippen LogP contribution in [0, 0.1) is 0 Å². The third kappa shape index (κ3) is 3.70. The van der Waals surface area contributed by atoms with Gasteiger partial charge in [0.05, 0.1) is 18.9 Å². The van der Waals surface area contributed by atoms with Crippen molar-refractivity contribution in [2.24, 2.45) is 0 Å². The maximum atomic E-state index is 13.0. The van der Waals surface area contributed by atoms with Gasteiger partial charge in [0.2, 0.25) is 11.9 Å². The van der Waals surface area contributed by atoms with Crippen LogP contribution in [0.4, 0.5) is 11.6 Å². The Labute approximate surface area is 163 Å². The lowest BCUT2D eigenvalue weighted by Crippen LogP contribution is -2.48. The molecule has 2 aromatic heterocycles. The Hall–Kier alpha value is -3.32. The Bertz CT molecular complexity index is 965. The van der Waals surface area contributed by atoms with Gasteiger partial charge in [0.25, 0.3) is 0 Å². The molecule has 28 heavy (non-hydrogen) atoms. The highest BCUT2D eigenvalue weighted by Crippen LogP contribution is 2.32. The molecule has 3 aromatic rings. The number of aromatic nitrogens is 3. The summed E-state index contributed by atoms with van der Waals surface area (Å²) in [5.41, 5.74) is 2.44. The first kappa shape index (κ1) is 18.1. The number of benzene rings is 1. The molecular weight excluding hydrogens is 354 g/mol. The molecule has 1 aliphatic heterocycles. The van der Waals surface area contributed by atoms with Crippen molar-refractivity contribution in [1.29, 1.82) is 0 Å². The van der Waals surface area contributed by atoms with Crippen molar-refractivity contribution in [2.45, 2.75) is 25.5 Å². The molecule has 1 unspecified atom stereocenters. The topological polar surface area (TPSA) is 89.0 Å². The number of ether oxygens (including phenoxy) is 1. The zero-order valence-electron chi connectivity index (χ0n) is 15.6. The highest BCUT2D eigenvalue weighted by Gasteiger charge is 2.42. The fourth-order valence-corrected chi connectivity index (χ4v) is 3.19. The lowest BCUT2D eigenvalue weighted by Gasteiger charge is -2.33. The van der Waals surface area contributed by atoms with Crippen LogP contribution in [0.3, 0.4) is 0 Å². The van der Waals surface area contributed by atoms with Gasteiger partial charge < -0.3 is 15.4 Å². The number of amides is 1. The van der Waals surface area contributed by atoms with Gasteiger partial charge in [0, 0.05) is 36.4 Å². The van der Waals surface area contributed by atoms with Gasteiger partial charge in [-0.2, -0.15) is 0 Å². The van der Waals surface area contributed by atoms with Crippen molar-refractivity contribution in [1.82, 2.24) is 20.3 Å². The first-order valence-electron chi connectivity index (χ1n) is 9.08. The quantitative estimate of drug-likeness (QED) is 0.713. The molecule has 7 nitrogen and oxygen atoms in total. The number of fused-ring (bicyclic) bond motifs is 1. The molecule has 0 aliphatic carbocycles. The third-order valence-corrected chi connectivity index (χ3v) is 4.74. The summed E-state index contributed by atoms with van der Waals surface area (Å²) in [5.74, 6) is 0.319. The van der Waals surface area contributed by atoms with E-state index >= 15 is 0 Å². The van der Waals surface area contributed by atoms with Gasteiger partial charge in [-0.1, -0.05) is 24.3 Å². The normalized spacial score (nSPS) is 18.2. The number of nitrogens with zero attached hydrogens (tertiary/aromatic N) is 3. The summed E-state index contributed by atoms with van der Waals surface area (Å²) < 4.78 is 5.67. The summed E-state index contributed by atoms with van der Waals surface area (Å²) in [7, 11) is 0. The molecule has 142 valence electrons. The second-order valence-electron chi connectivity index (χ2n) is 6.93. The first-order chi connectivity index (χ1) is 13.6. The van der Waals surface area contributed by atoms with Crippen molar-refractivity contribution in [3.63, 3.8) is 0 Å². The fourth-order valence-electron chi connectivity index (χ4n) is 3.19.